The van der Waals surface area contributed by atoms with E-state index >= 15 is 0 Å². The maximum absolute atomic E-state index is 6.53. The van der Waals surface area contributed by atoms with Crippen molar-refractivity contribution >= 4 is 11.6 Å². The molecule has 3 heteroatoms. The molecule has 1 aromatic rings. The SMILES string of the molecule is CNC1CC2(CCCC(C(C)C)C2)Oc2ccc(Cl)cc21. The highest BCUT2D eigenvalue weighted by atomic mass is 35.5. The quantitative estimate of drug-likeness (QED) is 0.833. The number of rotatable bonds is 2. The highest BCUT2D eigenvalue weighted by Gasteiger charge is 2.44. The maximum Gasteiger partial charge on any atom is 0.125 e. The predicted molar refractivity (Wildman–Crippen MR) is 88.0 cm³/mol. The van der Waals surface area contributed by atoms with Crippen molar-refractivity contribution in [2.75, 3.05) is 7.05 Å². The van der Waals surface area contributed by atoms with Gasteiger partial charge >= 0.3 is 0 Å². The van der Waals surface area contributed by atoms with Gasteiger partial charge in [-0.05, 0) is 62.8 Å². The first-order valence-electron chi connectivity index (χ1n) is 8.19. The van der Waals surface area contributed by atoms with Crippen molar-refractivity contribution in [3.05, 3.63) is 28.8 Å². The number of halogens is 1. The third kappa shape index (κ3) is 2.93. The minimum atomic E-state index is 0.0156. The summed E-state index contributed by atoms with van der Waals surface area (Å²) in [7, 11) is 2.04. The number of hydrogen-bond donors (Lipinski definition) is 1. The van der Waals surface area contributed by atoms with Crippen molar-refractivity contribution in [1.82, 2.24) is 5.32 Å². The summed E-state index contributed by atoms with van der Waals surface area (Å²) in [6, 6.07) is 6.38. The standard InChI is InChI=1S/C18H26ClNO/c1-12(2)13-5-4-8-18(10-13)11-16(20-3)15-9-14(19)6-7-17(15)21-18/h6-7,9,12-13,16,20H,4-5,8,10-11H2,1-3H3. The molecule has 2 aliphatic rings. The number of benzene rings is 1. The fraction of sp³-hybridized carbons (Fsp3) is 0.667. The van der Waals surface area contributed by atoms with E-state index in [2.05, 4.69) is 19.2 Å². The molecule has 1 fully saturated rings. The molecule has 1 aromatic carbocycles. The van der Waals surface area contributed by atoms with Gasteiger partial charge < -0.3 is 10.1 Å². The van der Waals surface area contributed by atoms with Gasteiger partial charge in [-0.1, -0.05) is 25.4 Å². The lowest BCUT2D eigenvalue weighted by Gasteiger charge is -2.47. The summed E-state index contributed by atoms with van der Waals surface area (Å²) in [6.07, 6.45) is 6.05. The maximum atomic E-state index is 6.53. The summed E-state index contributed by atoms with van der Waals surface area (Å²) < 4.78 is 6.53. The van der Waals surface area contributed by atoms with E-state index in [1.807, 2.05) is 25.2 Å². The van der Waals surface area contributed by atoms with Crippen LogP contribution in [-0.4, -0.2) is 12.6 Å². The zero-order valence-corrected chi connectivity index (χ0v) is 14.0. The molecule has 116 valence electrons. The highest BCUT2D eigenvalue weighted by molar-refractivity contribution is 6.30. The molecular formula is C18H26ClNO. The van der Waals surface area contributed by atoms with Crippen LogP contribution in [0.15, 0.2) is 18.2 Å². The van der Waals surface area contributed by atoms with Crippen LogP contribution in [0.5, 0.6) is 5.75 Å². The lowest BCUT2D eigenvalue weighted by molar-refractivity contribution is -0.0279. The summed E-state index contributed by atoms with van der Waals surface area (Å²) in [6.45, 7) is 4.69. The second kappa shape index (κ2) is 5.81. The Hall–Kier alpha value is -0.730. The lowest BCUT2D eigenvalue weighted by atomic mass is 9.70. The molecule has 1 aliphatic carbocycles. The summed E-state index contributed by atoms with van der Waals surface area (Å²) in [5.41, 5.74) is 1.23. The number of ether oxygens (including phenoxy) is 1. The van der Waals surface area contributed by atoms with Gasteiger partial charge in [0, 0.05) is 23.0 Å². The van der Waals surface area contributed by atoms with Gasteiger partial charge in [0.25, 0.3) is 0 Å². The van der Waals surface area contributed by atoms with Gasteiger partial charge in [0.1, 0.15) is 11.4 Å². The van der Waals surface area contributed by atoms with Crippen LogP contribution in [0.25, 0.3) is 0 Å². The van der Waals surface area contributed by atoms with E-state index < -0.39 is 0 Å². The fourth-order valence-corrected chi connectivity index (χ4v) is 4.30. The Bertz CT molecular complexity index is 516. The van der Waals surface area contributed by atoms with Gasteiger partial charge in [0.05, 0.1) is 0 Å². The van der Waals surface area contributed by atoms with E-state index in [4.69, 9.17) is 16.3 Å². The minimum Gasteiger partial charge on any atom is -0.487 e. The van der Waals surface area contributed by atoms with Crippen molar-refractivity contribution in [3.8, 4) is 5.75 Å². The summed E-state index contributed by atoms with van der Waals surface area (Å²) in [5.74, 6) is 2.55. The van der Waals surface area contributed by atoms with Crippen LogP contribution >= 0.6 is 11.6 Å². The number of nitrogens with one attached hydrogen (secondary N) is 1. The largest absolute Gasteiger partial charge is 0.487 e. The Labute approximate surface area is 133 Å². The van der Waals surface area contributed by atoms with Crippen LogP contribution < -0.4 is 10.1 Å². The van der Waals surface area contributed by atoms with Crippen molar-refractivity contribution in [2.45, 2.75) is 57.6 Å². The Balaban J connectivity index is 1.91. The minimum absolute atomic E-state index is 0.0156. The van der Waals surface area contributed by atoms with Gasteiger partial charge in [-0.25, -0.2) is 0 Å². The van der Waals surface area contributed by atoms with Crippen molar-refractivity contribution in [1.29, 1.82) is 0 Å². The first-order chi connectivity index (χ1) is 10.0. The summed E-state index contributed by atoms with van der Waals surface area (Å²) in [4.78, 5) is 0. The number of fused-ring (bicyclic) bond motifs is 1. The van der Waals surface area contributed by atoms with E-state index in [0.717, 1.165) is 29.0 Å². The van der Waals surface area contributed by atoms with Gasteiger partial charge in [0.2, 0.25) is 0 Å². The van der Waals surface area contributed by atoms with Crippen LogP contribution in [0.4, 0.5) is 0 Å². The predicted octanol–water partition coefficient (Wildman–Crippen LogP) is 4.97. The zero-order valence-electron chi connectivity index (χ0n) is 13.3. The van der Waals surface area contributed by atoms with Crippen molar-refractivity contribution in [2.24, 2.45) is 11.8 Å². The first-order valence-corrected chi connectivity index (χ1v) is 8.56. The van der Waals surface area contributed by atoms with E-state index in [0.29, 0.717) is 6.04 Å². The van der Waals surface area contributed by atoms with Crippen LogP contribution in [-0.2, 0) is 0 Å². The monoisotopic (exact) mass is 307 g/mol. The summed E-state index contributed by atoms with van der Waals surface area (Å²) in [5, 5.41) is 4.25. The van der Waals surface area contributed by atoms with Crippen LogP contribution in [0, 0.1) is 11.8 Å². The average molecular weight is 308 g/mol. The molecule has 3 unspecified atom stereocenters. The molecule has 1 spiro atoms. The first kappa shape index (κ1) is 15.2. The molecule has 1 saturated carbocycles. The second-order valence-corrected chi connectivity index (χ2v) is 7.55. The molecule has 1 heterocycles. The molecule has 0 aromatic heterocycles. The molecule has 3 atom stereocenters. The topological polar surface area (TPSA) is 21.3 Å². The van der Waals surface area contributed by atoms with E-state index in [1.54, 1.807) is 0 Å². The van der Waals surface area contributed by atoms with E-state index in [-0.39, 0.29) is 5.60 Å². The average Bonchev–Trinajstić information content (AvgIpc) is 2.47. The molecule has 0 amide bonds. The third-order valence-electron chi connectivity index (χ3n) is 5.38. The Morgan fingerprint density at radius 1 is 1.33 bits per heavy atom. The lowest BCUT2D eigenvalue weighted by Crippen LogP contribution is -2.47. The van der Waals surface area contributed by atoms with Gasteiger partial charge in [-0.15, -0.1) is 0 Å². The molecular weight excluding hydrogens is 282 g/mol. The van der Waals surface area contributed by atoms with Gasteiger partial charge in [0.15, 0.2) is 0 Å². The zero-order chi connectivity index (χ0) is 15.0. The molecule has 0 saturated heterocycles. The normalized spacial score (nSPS) is 32.0. The molecule has 0 radical (unpaired) electrons. The van der Waals surface area contributed by atoms with Crippen LogP contribution in [0.1, 0.15) is 57.6 Å². The number of hydrogen-bond acceptors (Lipinski definition) is 2. The third-order valence-corrected chi connectivity index (χ3v) is 5.62. The van der Waals surface area contributed by atoms with Crippen LogP contribution in [0.2, 0.25) is 5.02 Å². The van der Waals surface area contributed by atoms with E-state index in [9.17, 15) is 0 Å². The Kier molecular flexibility index (Phi) is 4.20. The van der Waals surface area contributed by atoms with Gasteiger partial charge in [-0.3, -0.25) is 0 Å². The highest BCUT2D eigenvalue weighted by Crippen LogP contribution is 2.49. The van der Waals surface area contributed by atoms with Crippen molar-refractivity contribution < 1.29 is 4.74 Å². The molecule has 3 rings (SSSR count). The Morgan fingerprint density at radius 3 is 2.86 bits per heavy atom. The molecule has 1 N–H and O–H groups in total. The molecule has 0 bridgehead atoms. The van der Waals surface area contributed by atoms with E-state index in [1.165, 1.54) is 31.2 Å². The van der Waals surface area contributed by atoms with Crippen LogP contribution in [0.3, 0.4) is 0 Å². The Morgan fingerprint density at radius 2 is 2.14 bits per heavy atom. The van der Waals surface area contributed by atoms with Gasteiger partial charge in [-0.2, -0.15) is 0 Å². The van der Waals surface area contributed by atoms with Crippen molar-refractivity contribution in [3.63, 3.8) is 0 Å². The fourth-order valence-electron chi connectivity index (χ4n) is 4.11. The summed E-state index contributed by atoms with van der Waals surface area (Å²) >= 11 is 6.16. The smallest absolute Gasteiger partial charge is 0.125 e. The molecule has 2 nitrogen and oxygen atoms in total. The molecule has 21 heavy (non-hydrogen) atoms. The second-order valence-electron chi connectivity index (χ2n) is 7.11. The molecule has 1 aliphatic heterocycles.